The molecule has 3 amide bonds. The quantitative estimate of drug-likeness (QED) is 0.598. The number of imide groups is 1. The first kappa shape index (κ1) is 22.2. The fourth-order valence-electron chi connectivity index (χ4n) is 3.34. The minimum atomic E-state index is -3.40. The smallest absolute Gasteiger partial charge is 0.262 e. The van der Waals surface area contributed by atoms with E-state index in [1.165, 1.54) is 12.1 Å². The summed E-state index contributed by atoms with van der Waals surface area (Å²) in [5, 5.41) is 2.80. The summed E-state index contributed by atoms with van der Waals surface area (Å²) in [5.74, 6) is -2.10. The number of benzene rings is 2. The van der Waals surface area contributed by atoms with Gasteiger partial charge in [-0.15, -0.1) is 0 Å². The topological polar surface area (TPSA) is 101 Å². The number of hydrogen-bond acceptors (Lipinski definition) is 5. The van der Waals surface area contributed by atoms with Gasteiger partial charge in [0, 0.05) is 10.7 Å². The second kappa shape index (κ2) is 8.69. The third-order valence-electron chi connectivity index (χ3n) is 4.93. The van der Waals surface area contributed by atoms with E-state index in [1.54, 1.807) is 19.1 Å². The molecule has 7 nitrogen and oxygen atoms in total. The highest BCUT2D eigenvalue weighted by molar-refractivity contribution is 9.10. The number of nitrogens with one attached hydrogen (secondary N) is 1. The summed E-state index contributed by atoms with van der Waals surface area (Å²) in [6.45, 7) is 1.77. The van der Waals surface area contributed by atoms with Crippen molar-refractivity contribution in [3.05, 3.63) is 69.7 Å². The van der Waals surface area contributed by atoms with Crippen molar-refractivity contribution >= 4 is 43.5 Å². The molecule has 2 atom stereocenters. The molecule has 0 saturated carbocycles. The summed E-state index contributed by atoms with van der Waals surface area (Å²) < 4.78 is 24.3. The molecule has 1 heterocycles. The second-order valence-corrected chi connectivity index (χ2v) is 10.4. The molecule has 0 saturated heterocycles. The Kier molecular flexibility index (Phi) is 6.42. The number of carbonyl (C=O) groups is 3. The minimum Gasteiger partial charge on any atom is -0.348 e. The number of carbonyl (C=O) groups excluding carboxylic acids is 3. The molecule has 2 aromatic rings. The number of rotatable bonds is 7. The summed E-state index contributed by atoms with van der Waals surface area (Å²) in [6.07, 6.45) is 0.873. The number of sulfone groups is 1. The Morgan fingerprint density at radius 3 is 2.07 bits per heavy atom. The van der Waals surface area contributed by atoms with E-state index in [-0.39, 0.29) is 23.3 Å². The fourth-order valence-corrected chi connectivity index (χ4v) is 4.25. The lowest BCUT2D eigenvalue weighted by Gasteiger charge is -2.27. The SMILES string of the molecule is C[C@@H](NC(=O)[C@@H](CCS(C)(=O)=O)N1C(=O)c2ccccc2C1=O)c1ccc(Br)cc1. The molecule has 1 aliphatic heterocycles. The summed E-state index contributed by atoms with van der Waals surface area (Å²) in [4.78, 5) is 39.6. The van der Waals surface area contributed by atoms with E-state index in [0.717, 1.165) is 21.2 Å². The Labute approximate surface area is 183 Å². The van der Waals surface area contributed by atoms with E-state index >= 15 is 0 Å². The standard InChI is InChI=1S/C21H21BrN2O5S/c1-13(14-7-9-15(22)10-8-14)23-19(25)18(11-12-30(2,28)29)24-20(26)16-5-3-4-6-17(16)21(24)27/h3-10,13,18H,11-12H2,1-2H3,(H,23,25)/t13-,18-/m1/s1. The molecule has 0 radical (unpaired) electrons. The van der Waals surface area contributed by atoms with Crippen LogP contribution in [0, 0.1) is 0 Å². The van der Waals surface area contributed by atoms with Crippen LogP contribution in [0.4, 0.5) is 0 Å². The zero-order chi connectivity index (χ0) is 22.1. The Balaban J connectivity index is 1.87. The van der Waals surface area contributed by atoms with Gasteiger partial charge in [-0.3, -0.25) is 19.3 Å². The van der Waals surface area contributed by atoms with Gasteiger partial charge in [0.1, 0.15) is 15.9 Å². The van der Waals surface area contributed by atoms with Crippen LogP contribution in [0.15, 0.2) is 53.0 Å². The highest BCUT2D eigenvalue weighted by atomic mass is 79.9. The van der Waals surface area contributed by atoms with Crippen molar-refractivity contribution in [3.63, 3.8) is 0 Å². The molecule has 0 fully saturated rings. The maximum Gasteiger partial charge on any atom is 0.262 e. The van der Waals surface area contributed by atoms with Gasteiger partial charge in [-0.25, -0.2) is 8.42 Å². The Morgan fingerprint density at radius 1 is 1.03 bits per heavy atom. The van der Waals surface area contributed by atoms with Gasteiger partial charge in [0.2, 0.25) is 5.91 Å². The molecule has 0 spiro atoms. The number of nitrogens with zero attached hydrogens (tertiary/aromatic N) is 1. The maximum absolute atomic E-state index is 13.1. The lowest BCUT2D eigenvalue weighted by molar-refractivity contribution is -0.125. The largest absolute Gasteiger partial charge is 0.348 e. The van der Waals surface area contributed by atoms with Crippen molar-refractivity contribution in [2.45, 2.75) is 25.4 Å². The second-order valence-electron chi connectivity index (χ2n) is 7.24. The van der Waals surface area contributed by atoms with E-state index in [9.17, 15) is 22.8 Å². The van der Waals surface area contributed by atoms with Crippen LogP contribution in [0.3, 0.4) is 0 Å². The Hall–Kier alpha value is -2.52. The molecule has 3 rings (SSSR count). The third kappa shape index (κ3) is 4.79. The average molecular weight is 493 g/mol. The van der Waals surface area contributed by atoms with Crippen LogP contribution in [-0.4, -0.2) is 49.1 Å². The summed E-state index contributed by atoms with van der Waals surface area (Å²) in [7, 11) is -3.40. The van der Waals surface area contributed by atoms with Gasteiger partial charge in [-0.2, -0.15) is 0 Å². The molecule has 1 N–H and O–H groups in total. The molecule has 0 bridgehead atoms. The van der Waals surface area contributed by atoms with Crippen molar-refractivity contribution in [1.82, 2.24) is 10.2 Å². The summed E-state index contributed by atoms with van der Waals surface area (Å²) >= 11 is 3.35. The molecule has 2 aromatic carbocycles. The fraction of sp³-hybridized carbons (Fsp3) is 0.286. The monoisotopic (exact) mass is 492 g/mol. The van der Waals surface area contributed by atoms with Crippen LogP contribution in [-0.2, 0) is 14.6 Å². The molecular weight excluding hydrogens is 472 g/mol. The first-order valence-electron chi connectivity index (χ1n) is 9.29. The molecule has 0 aliphatic carbocycles. The first-order valence-corrected chi connectivity index (χ1v) is 12.1. The lowest BCUT2D eigenvalue weighted by Crippen LogP contribution is -2.50. The zero-order valence-corrected chi connectivity index (χ0v) is 18.9. The third-order valence-corrected chi connectivity index (χ3v) is 6.44. The molecule has 1 aliphatic rings. The number of amides is 3. The van der Waals surface area contributed by atoms with E-state index in [0.29, 0.717) is 0 Å². The predicted molar refractivity (Wildman–Crippen MR) is 116 cm³/mol. The van der Waals surface area contributed by atoms with E-state index in [2.05, 4.69) is 21.2 Å². The van der Waals surface area contributed by atoms with Gasteiger partial charge in [-0.1, -0.05) is 40.2 Å². The molecule has 30 heavy (non-hydrogen) atoms. The van der Waals surface area contributed by atoms with Crippen LogP contribution in [0.25, 0.3) is 0 Å². The van der Waals surface area contributed by atoms with Gasteiger partial charge in [0.15, 0.2) is 0 Å². The van der Waals surface area contributed by atoms with Crippen LogP contribution in [0.5, 0.6) is 0 Å². The van der Waals surface area contributed by atoms with Crippen molar-refractivity contribution in [2.24, 2.45) is 0 Å². The normalized spacial score (nSPS) is 15.6. The van der Waals surface area contributed by atoms with Crippen molar-refractivity contribution in [2.75, 3.05) is 12.0 Å². The number of fused-ring (bicyclic) bond motifs is 1. The maximum atomic E-state index is 13.1. The van der Waals surface area contributed by atoms with Gasteiger partial charge in [0.25, 0.3) is 11.8 Å². The van der Waals surface area contributed by atoms with E-state index in [4.69, 9.17) is 0 Å². The van der Waals surface area contributed by atoms with Gasteiger partial charge >= 0.3 is 0 Å². The Morgan fingerprint density at radius 2 is 1.57 bits per heavy atom. The number of hydrogen-bond donors (Lipinski definition) is 1. The average Bonchev–Trinajstić information content (AvgIpc) is 2.93. The van der Waals surface area contributed by atoms with Gasteiger partial charge < -0.3 is 5.32 Å². The molecule has 9 heteroatoms. The van der Waals surface area contributed by atoms with Crippen LogP contribution in [0.1, 0.15) is 45.7 Å². The highest BCUT2D eigenvalue weighted by Gasteiger charge is 2.43. The van der Waals surface area contributed by atoms with Crippen molar-refractivity contribution in [1.29, 1.82) is 0 Å². The summed E-state index contributed by atoms with van der Waals surface area (Å²) in [6, 6.07) is 12.0. The molecule has 158 valence electrons. The van der Waals surface area contributed by atoms with Crippen LogP contribution in [0.2, 0.25) is 0 Å². The molecule has 0 unspecified atom stereocenters. The zero-order valence-electron chi connectivity index (χ0n) is 16.5. The summed E-state index contributed by atoms with van der Waals surface area (Å²) in [5.41, 5.74) is 1.25. The van der Waals surface area contributed by atoms with Crippen molar-refractivity contribution < 1.29 is 22.8 Å². The van der Waals surface area contributed by atoms with Gasteiger partial charge in [0.05, 0.1) is 22.9 Å². The Bertz CT molecular complexity index is 1060. The van der Waals surface area contributed by atoms with E-state index < -0.39 is 39.6 Å². The predicted octanol–water partition coefficient (Wildman–Crippen LogP) is 2.73. The van der Waals surface area contributed by atoms with Crippen LogP contribution < -0.4 is 5.32 Å². The molecular formula is C21H21BrN2O5S. The first-order chi connectivity index (χ1) is 14.1. The lowest BCUT2D eigenvalue weighted by atomic mass is 10.1. The van der Waals surface area contributed by atoms with Gasteiger partial charge in [-0.05, 0) is 43.2 Å². The van der Waals surface area contributed by atoms with Crippen molar-refractivity contribution in [3.8, 4) is 0 Å². The van der Waals surface area contributed by atoms with Crippen LogP contribution >= 0.6 is 15.9 Å². The molecule has 0 aromatic heterocycles. The highest BCUT2D eigenvalue weighted by Crippen LogP contribution is 2.26. The minimum absolute atomic E-state index is 0.177. The number of halogens is 1. The van der Waals surface area contributed by atoms with E-state index in [1.807, 2.05) is 24.3 Å².